The molecule has 124 valence electrons. The van der Waals surface area contributed by atoms with Crippen LogP contribution in [0.5, 0.6) is 0 Å². The normalized spacial score (nSPS) is 13.9. The van der Waals surface area contributed by atoms with E-state index in [1.165, 1.54) is 23.1 Å². The van der Waals surface area contributed by atoms with Crippen molar-refractivity contribution in [3.05, 3.63) is 48.7 Å². The van der Waals surface area contributed by atoms with Crippen molar-refractivity contribution in [2.24, 2.45) is 0 Å². The second-order valence-corrected chi connectivity index (χ2v) is 5.68. The Balaban J connectivity index is 1.38. The van der Waals surface area contributed by atoms with E-state index < -0.39 is 0 Å². The first kappa shape index (κ1) is 16.0. The van der Waals surface area contributed by atoms with E-state index in [1.807, 2.05) is 18.3 Å². The van der Waals surface area contributed by atoms with Gasteiger partial charge in [-0.2, -0.15) is 0 Å². The summed E-state index contributed by atoms with van der Waals surface area (Å²) in [4.78, 5) is 35.6. The molecule has 24 heavy (non-hydrogen) atoms. The quantitative estimate of drug-likeness (QED) is 0.619. The first-order chi connectivity index (χ1) is 11.6. The highest BCUT2D eigenvalue weighted by molar-refractivity contribution is 6.13. The molecule has 1 aliphatic heterocycles. The lowest BCUT2D eigenvalue weighted by atomic mass is 10.2. The number of aromatic nitrogens is 1. The van der Waals surface area contributed by atoms with Crippen molar-refractivity contribution >= 4 is 28.6 Å². The first-order valence-electron chi connectivity index (χ1n) is 7.99. The minimum Gasteiger partial charge on any atom is -0.356 e. The van der Waals surface area contributed by atoms with E-state index in [0.29, 0.717) is 6.54 Å². The van der Waals surface area contributed by atoms with E-state index in [0.717, 1.165) is 17.9 Å². The molecule has 1 aromatic carbocycles. The average molecular weight is 325 g/mol. The zero-order valence-electron chi connectivity index (χ0n) is 13.3. The van der Waals surface area contributed by atoms with Crippen LogP contribution in [0.3, 0.4) is 0 Å². The van der Waals surface area contributed by atoms with Crippen molar-refractivity contribution in [2.75, 3.05) is 13.1 Å². The van der Waals surface area contributed by atoms with Crippen LogP contribution in [0.25, 0.3) is 10.9 Å². The number of aryl methyl sites for hydroxylation is 1. The first-order valence-corrected chi connectivity index (χ1v) is 7.99. The maximum atomic E-state index is 11.8. The van der Waals surface area contributed by atoms with Gasteiger partial charge in [-0.25, -0.2) is 0 Å². The molecule has 1 aromatic heterocycles. The molecule has 2 heterocycles. The lowest BCUT2D eigenvalue weighted by Gasteiger charge is -2.13. The Labute approximate surface area is 139 Å². The summed E-state index contributed by atoms with van der Waals surface area (Å²) in [6, 6.07) is 10.2. The third kappa shape index (κ3) is 3.53. The fraction of sp³-hybridized carbons (Fsp3) is 0.278. The summed E-state index contributed by atoms with van der Waals surface area (Å²) in [5, 5.41) is 4.03. The average Bonchev–Trinajstić information content (AvgIpc) is 3.14. The van der Waals surface area contributed by atoms with E-state index in [2.05, 4.69) is 28.1 Å². The van der Waals surface area contributed by atoms with Crippen LogP contribution in [0.15, 0.2) is 48.7 Å². The van der Waals surface area contributed by atoms with Crippen molar-refractivity contribution in [3.8, 4) is 0 Å². The number of hydrogen-bond donors (Lipinski definition) is 1. The zero-order valence-corrected chi connectivity index (χ0v) is 13.3. The number of carbonyl (C=O) groups excluding carboxylic acids is 3. The Morgan fingerprint density at radius 1 is 1.00 bits per heavy atom. The van der Waals surface area contributed by atoms with Crippen molar-refractivity contribution in [1.29, 1.82) is 0 Å². The molecule has 0 saturated carbocycles. The van der Waals surface area contributed by atoms with Gasteiger partial charge >= 0.3 is 0 Å². The lowest BCUT2D eigenvalue weighted by Crippen LogP contribution is -2.35. The van der Waals surface area contributed by atoms with E-state index in [-0.39, 0.29) is 30.7 Å². The van der Waals surface area contributed by atoms with Gasteiger partial charge in [0.15, 0.2) is 0 Å². The molecule has 6 heteroatoms. The van der Waals surface area contributed by atoms with Crippen LogP contribution < -0.4 is 5.32 Å². The number of hydrogen-bond acceptors (Lipinski definition) is 3. The van der Waals surface area contributed by atoms with Crippen LogP contribution >= 0.6 is 0 Å². The molecule has 0 fully saturated rings. The number of fused-ring (bicyclic) bond motifs is 1. The molecular weight excluding hydrogens is 306 g/mol. The molecule has 0 spiro atoms. The number of nitrogens with zero attached hydrogens (tertiary/aromatic N) is 2. The van der Waals surface area contributed by atoms with Gasteiger partial charge in [0.2, 0.25) is 5.91 Å². The predicted molar refractivity (Wildman–Crippen MR) is 90.0 cm³/mol. The van der Waals surface area contributed by atoms with Crippen LogP contribution in [0.4, 0.5) is 0 Å². The second kappa shape index (κ2) is 7.12. The van der Waals surface area contributed by atoms with Gasteiger partial charge < -0.3 is 9.88 Å². The van der Waals surface area contributed by atoms with Gasteiger partial charge in [0.1, 0.15) is 0 Å². The number of para-hydroxylation sites is 1. The van der Waals surface area contributed by atoms with Crippen molar-refractivity contribution in [3.63, 3.8) is 0 Å². The summed E-state index contributed by atoms with van der Waals surface area (Å²) in [6.45, 7) is 1.50. The van der Waals surface area contributed by atoms with Crippen molar-refractivity contribution in [2.45, 2.75) is 19.4 Å². The van der Waals surface area contributed by atoms with Gasteiger partial charge in [0.05, 0.1) is 0 Å². The molecule has 0 aliphatic carbocycles. The fourth-order valence-corrected chi connectivity index (χ4v) is 2.77. The predicted octanol–water partition coefficient (Wildman–Crippen LogP) is 1.46. The molecular formula is C18H19N3O3. The van der Waals surface area contributed by atoms with Crippen LogP contribution in [0.2, 0.25) is 0 Å². The van der Waals surface area contributed by atoms with E-state index in [4.69, 9.17) is 0 Å². The van der Waals surface area contributed by atoms with Crippen LogP contribution in [-0.2, 0) is 20.9 Å². The SMILES string of the molecule is O=C(CCN1C(=O)C=CC1=O)NCCCn1ccc2ccccc21. The summed E-state index contributed by atoms with van der Waals surface area (Å²) < 4.78 is 2.16. The molecule has 2 aromatic rings. The van der Waals surface area contributed by atoms with Gasteiger partial charge in [-0.15, -0.1) is 0 Å². The smallest absolute Gasteiger partial charge is 0.253 e. The van der Waals surface area contributed by atoms with Crippen LogP contribution in [-0.4, -0.2) is 40.3 Å². The third-order valence-corrected chi connectivity index (χ3v) is 4.04. The summed E-state index contributed by atoms with van der Waals surface area (Å²) in [7, 11) is 0. The molecule has 0 bridgehead atoms. The lowest BCUT2D eigenvalue weighted by molar-refractivity contribution is -0.137. The maximum Gasteiger partial charge on any atom is 0.253 e. The topological polar surface area (TPSA) is 71.4 Å². The fourth-order valence-electron chi connectivity index (χ4n) is 2.77. The number of imide groups is 1. The van der Waals surface area contributed by atoms with Gasteiger partial charge in [0.25, 0.3) is 11.8 Å². The molecule has 0 radical (unpaired) electrons. The highest BCUT2D eigenvalue weighted by Crippen LogP contribution is 2.15. The number of benzene rings is 1. The Morgan fingerprint density at radius 2 is 1.75 bits per heavy atom. The van der Waals surface area contributed by atoms with Crippen LogP contribution in [0, 0.1) is 0 Å². The summed E-state index contributed by atoms with van der Waals surface area (Å²) in [5.74, 6) is -0.862. The summed E-state index contributed by atoms with van der Waals surface area (Å²) >= 11 is 0. The third-order valence-electron chi connectivity index (χ3n) is 4.04. The Kier molecular flexibility index (Phi) is 4.74. The van der Waals surface area contributed by atoms with Gasteiger partial charge in [0, 0.05) is 49.9 Å². The molecule has 1 aliphatic rings. The molecule has 6 nitrogen and oxygen atoms in total. The van der Waals surface area contributed by atoms with E-state index >= 15 is 0 Å². The van der Waals surface area contributed by atoms with E-state index in [9.17, 15) is 14.4 Å². The number of nitrogens with one attached hydrogen (secondary N) is 1. The minimum atomic E-state index is -0.354. The summed E-state index contributed by atoms with van der Waals surface area (Å²) in [6.07, 6.45) is 5.44. The molecule has 0 atom stereocenters. The Morgan fingerprint density at radius 3 is 2.54 bits per heavy atom. The van der Waals surface area contributed by atoms with Gasteiger partial charge in [-0.3, -0.25) is 19.3 Å². The molecule has 3 amide bonds. The number of amides is 3. The van der Waals surface area contributed by atoms with Crippen LogP contribution in [0.1, 0.15) is 12.8 Å². The minimum absolute atomic E-state index is 0.124. The standard InChI is InChI=1S/C18H19N3O3/c22-16(9-13-21-17(23)6-7-18(21)24)19-10-3-11-20-12-8-14-4-1-2-5-15(14)20/h1-2,4-8,12H,3,9-11,13H2,(H,19,22). The van der Waals surface area contributed by atoms with Gasteiger partial charge in [-0.1, -0.05) is 18.2 Å². The number of rotatable bonds is 7. The monoisotopic (exact) mass is 325 g/mol. The second-order valence-electron chi connectivity index (χ2n) is 5.68. The maximum absolute atomic E-state index is 11.8. The van der Waals surface area contributed by atoms with Crippen molar-refractivity contribution in [1.82, 2.24) is 14.8 Å². The molecule has 3 rings (SSSR count). The highest BCUT2D eigenvalue weighted by Gasteiger charge is 2.23. The van der Waals surface area contributed by atoms with Gasteiger partial charge in [-0.05, 0) is 23.9 Å². The molecule has 0 unspecified atom stereocenters. The van der Waals surface area contributed by atoms with E-state index in [1.54, 1.807) is 0 Å². The van der Waals surface area contributed by atoms with Crippen molar-refractivity contribution < 1.29 is 14.4 Å². The number of carbonyl (C=O) groups is 3. The largest absolute Gasteiger partial charge is 0.356 e. The molecule has 0 saturated heterocycles. The summed E-state index contributed by atoms with van der Waals surface area (Å²) in [5.41, 5.74) is 1.18. The highest BCUT2D eigenvalue weighted by atomic mass is 16.2. The Hall–Kier alpha value is -2.89. The molecule has 1 N–H and O–H groups in total. The zero-order chi connectivity index (χ0) is 16.9. The Bertz CT molecular complexity index is 789.